The molecule has 1 unspecified atom stereocenters. The van der Waals surface area contributed by atoms with Crippen LogP contribution in [-0.2, 0) is 4.74 Å². The smallest absolute Gasteiger partial charge is 0.125 e. The summed E-state index contributed by atoms with van der Waals surface area (Å²) in [4.78, 5) is 0. The minimum atomic E-state index is 0.460. The molecule has 0 saturated carbocycles. The van der Waals surface area contributed by atoms with Gasteiger partial charge in [0.05, 0.1) is 12.7 Å². The molecular weight excluding hydrogens is 226 g/mol. The van der Waals surface area contributed by atoms with E-state index < -0.39 is 0 Å². The van der Waals surface area contributed by atoms with E-state index in [0.29, 0.717) is 6.10 Å². The molecule has 2 rings (SSSR count). The molecule has 1 atom stereocenters. The summed E-state index contributed by atoms with van der Waals surface area (Å²) >= 11 is 0. The topological polar surface area (TPSA) is 44.5 Å². The van der Waals surface area contributed by atoms with Crippen LogP contribution in [0, 0.1) is 13.8 Å². The minimum absolute atomic E-state index is 0.460. The van der Waals surface area contributed by atoms with E-state index in [1.165, 1.54) is 12.8 Å². The Bertz CT molecular complexity index is 374. The zero-order chi connectivity index (χ0) is 13.0. The van der Waals surface area contributed by atoms with Crippen molar-refractivity contribution in [1.82, 2.24) is 0 Å². The van der Waals surface area contributed by atoms with Crippen molar-refractivity contribution in [3.8, 4) is 5.75 Å². The molecule has 1 aromatic carbocycles. The SMILES string of the molecule is Cc1cc(N)cc(C)c1OCCCC1CCCO1. The molecule has 0 radical (unpaired) electrons. The number of anilines is 1. The van der Waals surface area contributed by atoms with E-state index >= 15 is 0 Å². The summed E-state index contributed by atoms with van der Waals surface area (Å²) in [5.41, 5.74) is 8.83. The molecule has 3 nitrogen and oxygen atoms in total. The predicted octanol–water partition coefficient (Wildman–Crippen LogP) is 3.22. The number of benzene rings is 1. The molecule has 0 aromatic heterocycles. The number of nitrogen functional groups attached to an aromatic ring is 1. The second-order valence-corrected chi connectivity index (χ2v) is 5.11. The predicted molar refractivity (Wildman–Crippen MR) is 74.0 cm³/mol. The van der Waals surface area contributed by atoms with Gasteiger partial charge in [-0.2, -0.15) is 0 Å². The third-order valence-corrected chi connectivity index (χ3v) is 3.42. The van der Waals surface area contributed by atoms with Gasteiger partial charge in [-0.25, -0.2) is 0 Å². The number of nitrogens with two attached hydrogens (primary N) is 1. The highest BCUT2D eigenvalue weighted by Crippen LogP contribution is 2.26. The lowest BCUT2D eigenvalue weighted by atomic mass is 10.1. The molecule has 1 fully saturated rings. The molecule has 3 heteroatoms. The van der Waals surface area contributed by atoms with Crippen LogP contribution in [0.3, 0.4) is 0 Å². The van der Waals surface area contributed by atoms with Crippen molar-refractivity contribution in [1.29, 1.82) is 0 Å². The quantitative estimate of drug-likeness (QED) is 0.643. The third kappa shape index (κ3) is 3.39. The average Bonchev–Trinajstić information content (AvgIpc) is 2.79. The fourth-order valence-corrected chi connectivity index (χ4v) is 2.57. The summed E-state index contributed by atoms with van der Waals surface area (Å²) in [5, 5.41) is 0. The molecule has 0 aliphatic carbocycles. The zero-order valence-corrected chi connectivity index (χ0v) is 11.4. The highest BCUT2D eigenvalue weighted by Gasteiger charge is 2.14. The molecule has 1 aliphatic rings. The van der Waals surface area contributed by atoms with E-state index in [4.69, 9.17) is 15.2 Å². The molecule has 0 spiro atoms. The van der Waals surface area contributed by atoms with Crippen LogP contribution < -0.4 is 10.5 Å². The van der Waals surface area contributed by atoms with E-state index in [0.717, 1.165) is 48.6 Å². The number of ether oxygens (including phenoxy) is 2. The van der Waals surface area contributed by atoms with E-state index in [1.807, 2.05) is 26.0 Å². The summed E-state index contributed by atoms with van der Waals surface area (Å²) in [7, 11) is 0. The largest absolute Gasteiger partial charge is 0.493 e. The van der Waals surface area contributed by atoms with Gasteiger partial charge in [0, 0.05) is 12.3 Å². The fourth-order valence-electron chi connectivity index (χ4n) is 2.57. The Balaban J connectivity index is 1.79. The van der Waals surface area contributed by atoms with Gasteiger partial charge in [-0.3, -0.25) is 0 Å². The summed E-state index contributed by atoms with van der Waals surface area (Å²) in [6, 6.07) is 3.92. The van der Waals surface area contributed by atoms with Gasteiger partial charge in [-0.15, -0.1) is 0 Å². The minimum Gasteiger partial charge on any atom is -0.493 e. The number of rotatable bonds is 5. The van der Waals surface area contributed by atoms with E-state index in [2.05, 4.69) is 0 Å². The first-order chi connectivity index (χ1) is 8.66. The van der Waals surface area contributed by atoms with Crippen molar-refractivity contribution in [2.45, 2.75) is 45.6 Å². The highest BCUT2D eigenvalue weighted by atomic mass is 16.5. The van der Waals surface area contributed by atoms with Crippen LogP contribution in [0.5, 0.6) is 5.75 Å². The molecule has 1 aliphatic heterocycles. The Morgan fingerprint density at radius 1 is 1.33 bits per heavy atom. The summed E-state index contributed by atoms with van der Waals surface area (Å²) in [6.45, 7) is 5.77. The normalized spacial score (nSPS) is 19.1. The lowest BCUT2D eigenvalue weighted by Gasteiger charge is -2.14. The fraction of sp³-hybridized carbons (Fsp3) is 0.600. The summed E-state index contributed by atoms with van der Waals surface area (Å²) in [6.07, 6.45) is 5.03. The maximum Gasteiger partial charge on any atom is 0.125 e. The molecule has 2 N–H and O–H groups in total. The van der Waals surface area contributed by atoms with Crippen LogP contribution in [-0.4, -0.2) is 19.3 Å². The standard InChI is InChI=1S/C15H23NO2/c1-11-9-13(16)10-12(2)15(11)18-8-4-6-14-5-3-7-17-14/h9-10,14H,3-8,16H2,1-2H3. The second kappa shape index (κ2) is 6.10. The first-order valence-corrected chi connectivity index (χ1v) is 6.78. The molecule has 1 saturated heterocycles. The monoisotopic (exact) mass is 249 g/mol. The van der Waals surface area contributed by atoms with Crippen LogP contribution in [0.25, 0.3) is 0 Å². The van der Waals surface area contributed by atoms with Crippen molar-refractivity contribution in [3.63, 3.8) is 0 Å². The van der Waals surface area contributed by atoms with Gasteiger partial charge < -0.3 is 15.2 Å². The van der Waals surface area contributed by atoms with Gasteiger partial charge in [0.25, 0.3) is 0 Å². The molecule has 0 amide bonds. The van der Waals surface area contributed by atoms with Gasteiger partial charge >= 0.3 is 0 Å². The van der Waals surface area contributed by atoms with Gasteiger partial charge in [-0.1, -0.05) is 0 Å². The highest BCUT2D eigenvalue weighted by molar-refractivity contribution is 5.52. The second-order valence-electron chi connectivity index (χ2n) is 5.11. The summed E-state index contributed by atoms with van der Waals surface area (Å²) in [5.74, 6) is 0.983. The van der Waals surface area contributed by atoms with Crippen LogP contribution in [0.2, 0.25) is 0 Å². The lowest BCUT2D eigenvalue weighted by Crippen LogP contribution is -2.08. The van der Waals surface area contributed by atoms with Gasteiger partial charge in [0.15, 0.2) is 0 Å². The Morgan fingerprint density at radius 2 is 2.06 bits per heavy atom. The molecule has 1 heterocycles. The maximum absolute atomic E-state index is 5.87. The zero-order valence-electron chi connectivity index (χ0n) is 11.4. The van der Waals surface area contributed by atoms with Gasteiger partial charge in [0.1, 0.15) is 5.75 Å². The Morgan fingerprint density at radius 3 is 2.67 bits per heavy atom. The van der Waals surface area contributed by atoms with Crippen LogP contribution in [0.1, 0.15) is 36.8 Å². The number of hydrogen-bond donors (Lipinski definition) is 1. The lowest BCUT2D eigenvalue weighted by molar-refractivity contribution is 0.0981. The number of hydrogen-bond acceptors (Lipinski definition) is 3. The van der Waals surface area contributed by atoms with E-state index in [9.17, 15) is 0 Å². The van der Waals surface area contributed by atoms with Crippen LogP contribution >= 0.6 is 0 Å². The Hall–Kier alpha value is -1.22. The maximum atomic E-state index is 5.87. The van der Waals surface area contributed by atoms with E-state index in [1.54, 1.807) is 0 Å². The van der Waals surface area contributed by atoms with Crippen molar-refractivity contribution in [3.05, 3.63) is 23.3 Å². The first kappa shape index (κ1) is 13.2. The Labute approximate surface area is 109 Å². The van der Waals surface area contributed by atoms with Crippen molar-refractivity contribution in [2.75, 3.05) is 18.9 Å². The number of aryl methyl sites for hydroxylation is 2. The average molecular weight is 249 g/mol. The first-order valence-electron chi connectivity index (χ1n) is 6.78. The molecule has 100 valence electrons. The summed E-state index contributed by atoms with van der Waals surface area (Å²) < 4.78 is 11.5. The van der Waals surface area contributed by atoms with Crippen molar-refractivity contribution in [2.24, 2.45) is 0 Å². The third-order valence-electron chi connectivity index (χ3n) is 3.42. The van der Waals surface area contributed by atoms with Crippen molar-refractivity contribution >= 4 is 5.69 Å². The van der Waals surface area contributed by atoms with Crippen LogP contribution in [0.15, 0.2) is 12.1 Å². The molecular formula is C15H23NO2. The molecule has 0 bridgehead atoms. The van der Waals surface area contributed by atoms with Gasteiger partial charge in [0.2, 0.25) is 0 Å². The van der Waals surface area contributed by atoms with Crippen LogP contribution in [0.4, 0.5) is 5.69 Å². The molecule has 1 aromatic rings. The van der Waals surface area contributed by atoms with E-state index in [-0.39, 0.29) is 0 Å². The molecule has 18 heavy (non-hydrogen) atoms. The Kier molecular flexibility index (Phi) is 4.48. The van der Waals surface area contributed by atoms with Gasteiger partial charge in [-0.05, 0) is 62.8 Å². The van der Waals surface area contributed by atoms with Crippen molar-refractivity contribution < 1.29 is 9.47 Å².